The first-order valence-corrected chi connectivity index (χ1v) is 10.4. The summed E-state index contributed by atoms with van der Waals surface area (Å²) in [5.74, 6) is -2.19. The Kier molecular flexibility index (Phi) is 8.97. The first-order chi connectivity index (χ1) is 16.1. The Bertz CT molecular complexity index is 1080. The highest BCUT2D eigenvalue weighted by Gasteiger charge is 2.19. The van der Waals surface area contributed by atoms with E-state index in [0.717, 1.165) is 22.8 Å². The maximum atomic E-state index is 12.6. The molecule has 0 amide bonds. The molecule has 0 aliphatic rings. The zero-order valence-electron chi connectivity index (χ0n) is 18.0. The molecular weight excluding hydrogens is 420 g/mol. The molecule has 0 unspecified atom stereocenters. The van der Waals surface area contributed by atoms with Crippen LogP contribution in [-0.4, -0.2) is 17.9 Å². The topological polar surface area (TPSA) is 78.9 Å². The lowest BCUT2D eigenvalue weighted by Gasteiger charge is -2.10. The molecule has 0 radical (unpaired) electrons. The molecule has 3 aromatic rings. The Morgan fingerprint density at radius 3 is 1.48 bits per heavy atom. The molecule has 0 saturated carbocycles. The normalized spacial score (nSPS) is 10.8. The molecule has 3 aromatic carbocycles. The molecule has 0 spiro atoms. The van der Waals surface area contributed by atoms with Gasteiger partial charge in [0.05, 0.1) is 12.0 Å². The molecule has 0 bridgehead atoms. The molecule has 0 aromatic heterocycles. The van der Waals surface area contributed by atoms with E-state index in [4.69, 9.17) is 14.2 Å². The highest BCUT2D eigenvalue weighted by molar-refractivity contribution is 5.99. The molecular formula is C27H24O6. The van der Waals surface area contributed by atoms with Crippen LogP contribution >= 0.6 is 0 Å². The minimum absolute atomic E-state index is 0.00907. The first kappa shape index (κ1) is 23.5. The van der Waals surface area contributed by atoms with Gasteiger partial charge in [0, 0.05) is 6.08 Å². The third-order valence-electron chi connectivity index (χ3n) is 4.57. The lowest BCUT2D eigenvalue weighted by molar-refractivity contribution is -0.148. The predicted octanol–water partition coefficient (Wildman–Crippen LogP) is 4.53. The van der Waals surface area contributed by atoms with E-state index in [1.54, 1.807) is 12.1 Å². The standard InChI is InChI=1S/C27H24O6/c28-25(31-18-21-10-4-1-5-11-21)16-24(27(30)33-20-23-14-8-3-9-15-23)17-26(29)32-19-22-12-6-2-7-13-22/h1-16H,17-20H2. The molecule has 0 aliphatic heterocycles. The van der Waals surface area contributed by atoms with Gasteiger partial charge in [0.15, 0.2) is 0 Å². The summed E-state index contributed by atoms with van der Waals surface area (Å²) in [6, 6.07) is 27.4. The van der Waals surface area contributed by atoms with Gasteiger partial charge in [-0.1, -0.05) is 91.0 Å². The van der Waals surface area contributed by atoms with Crippen molar-refractivity contribution in [2.24, 2.45) is 0 Å². The van der Waals surface area contributed by atoms with Crippen LogP contribution in [0.1, 0.15) is 23.1 Å². The van der Waals surface area contributed by atoms with Gasteiger partial charge in [-0.25, -0.2) is 9.59 Å². The second-order valence-electron chi connectivity index (χ2n) is 7.15. The van der Waals surface area contributed by atoms with Gasteiger partial charge in [0.1, 0.15) is 19.8 Å². The van der Waals surface area contributed by atoms with Crippen LogP contribution in [0.3, 0.4) is 0 Å². The minimum Gasteiger partial charge on any atom is -0.461 e. The van der Waals surface area contributed by atoms with Crippen molar-refractivity contribution in [1.82, 2.24) is 0 Å². The summed E-state index contributed by atoms with van der Waals surface area (Å²) in [5.41, 5.74) is 2.26. The molecule has 0 aliphatic carbocycles. The van der Waals surface area contributed by atoms with Crippen LogP contribution in [0, 0.1) is 0 Å². The summed E-state index contributed by atoms with van der Waals surface area (Å²) in [6.45, 7) is 0.112. The van der Waals surface area contributed by atoms with Gasteiger partial charge >= 0.3 is 17.9 Å². The highest BCUT2D eigenvalue weighted by Crippen LogP contribution is 2.12. The zero-order valence-corrected chi connectivity index (χ0v) is 18.0. The smallest absolute Gasteiger partial charge is 0.335 e. The highest BCUT2D eigenvalue weighted by atomic mass is 16.5. The lowest BCUT2D eigenvalue weighted by Crippen LogP contribution is -2.16. The quantitative estimate of drug-likeness (QED) is 0.260. The van der Waals surface area contributed by atoms with Crippen molar-refractivity contribution >= 4 is 17.9 Å². The van der Waals surface area contributed by atoms with E-state index in [0.29, 0.717) is 0 Å². The molecule has 33 heavy (non-hydrogen) atoms. The van der Waals surface area contributed by atoms with Crippen molar-refractivity contribution in [3.63, 3.8) is 0 Å². The molecule has 0 atom stereocenters. The summed E-state index contributed by atoms with van der Waals surface area (Å²) >= 11 is 0. The maximum Gasteiger partial charge on any atom is 0.335 e. The fourth-order valence-electron chi connectivity index (χ4n) is 2.86. The van der Waals surface area contributed by atoms with Gasteiger partial charge in [-0.15, -0.1) is 0 Å². The van der Waals surface area contributed by atoms with E-state index in [9.17, 15) is 14.4 Å². The predicted molar refractivity (Wildman–Crippen MR) is 121 cm³/mol. The van der Waals surface area contributed by atoms with Gasteiger partial charge in [-0.05, 0) is 16.7 Å². The number of carbonyl (C=O) groups is 3. The molecule has 0 heterocycles. The number of hydrogen-bond acceptors (Lipinski definition) is 6. The fraction of sp³-hybridized carbons (Fsp3) is 0.148. The summed E-state index contributed by atoms with van der Waals surface area (Å²) in [7, 11) is 0. The van der Waals surface area contributed by atoms with Crippen LogP contribution < -0.4 is 0 Å². The monoisotopic (exact) mass is 444 g/mol. The van der Waals surface area contributed by atoms with Crippen molar-refractivity contribution in [3.05, 3.63) is 119 Å². The third kappa shape index (κ3) is 8.45. The first-order valence-electron chi connectivity index (χ1n) is 10.4. The van der Waals surface area contributed by atoms with Gasteiger partial charge in [0.2, 0.25) is 0 Å². The molecule has 3 rings (SSSR count). The van der Waals surface area contributed by atoms with Gasteiger partial charge < -0.3 is 14.2 Å². The third-order valence-corrected chi connectivity index (χ3v) is 4.57. The Morgan fingerprint density at radius 1 is 0.576 bits per heavy atom. The number of hydrogen-bond donors (Lipinski definition) is 0. The average molecular weight is 444 g/mol. The summed E-state index contributed by atoms with van der Waals surface area (Å²) in [6.07, 6.45) is 0.570. The fourth-order valence-corrected chi connectivity index (χ4v) is 2.86. The molecule has 0 N–H and O–H groups in total. The number of esters is 3. The van der Waals surface area contributed by atoms with Crippen LogP contribution in [0.5, 0.6) is 0 Å². The number of benzene rings is 3. The van der Waals surface area contributed by atoms with E-state index in [1.807, 2.05) is 78.9 Å². The Hall–Kier alpha value is -4.19. The number of rotatable bonds is 10. The molecule has 6 nitrogen and oxygen atoms in total. The van der Waals surface area contributed by atoms with E-state index in [-0.39, 0.29) is 25.4 Å². The van der Waals surface area contributed by atoms with Crippen molar-refractivity contribution < 1.29 is 28.6 Å². The SMILES string of the molecule is O=C(C=C(CC(=O)OCc1ccccc1)C(=O)OCc1ccccc1)OCc1ccccc1. The zero-order chi connectivity index (χ0) is 23.3. The van der Waals surface area contributed by atoms with Crippen molar-refractivity contribution in [1.29, 1.82) is 0 Å². The van der Waals surface area contributed by atoms with E-state index in [1.165, 1.54) is 0 Å². The van der Waals surface area contributed by atoms with Crippen LogP contribution in [0.2, 0.25) is 0 Å². The van der Waals surface area contributed by atoms with E-state index < -0.39 is 24.3 Å². The van der Waals surface area contributed by atoms with E-state index in [2.05, 4.69) is 0 Å². The Labute approximate surface area is 192 Å². The molecule has 0 saturated heterocycles. The second-order valence-corrected chi connectivity index (χ2v) is 7.15. The Morgan fingerprint density at radius 2 is 1.00 bits per heavy atom. The summed E-state index contributed by atoms with van der Waals surface area (Å²) < 4.78 is 15.7. The van der Waals surface area contributed by atoms with Gasteiger partial charge in [-0.3, -0.25) is 4.79 Å². The van der Waals surface area contributed by atoms with Crippen molar-refractivity contribution in [3.8, 4) is 0 Å². The second kappa shape index (κ2) is 12.6. The minimum atomic E-state index is -0.785. The summed E-state index contributed by atoms with van der Waals surface area (Å²) in [5, 5.41) is 0. The van der Waals surface area contributed by atoms with Crippen LogP contribution in [-0.2, 0) is 48.4 Å². The van der Waals surface area contributed by atoms with Crippen molar-refractivity contribution in [2.45, 2.75) is 26.2 Å². The molecule has 6 heteroatoms. The largest absolute Gasteiger partial charge is 0.461 e. The van der Waals surface area contributed by atoms with Crippen molar-refractivity contribution in [2.75, 3.05) is 0 Å². The van der Waals surface area contributed by atoms with E-state index >= 15 is 0 Å². The Balaban J connectivity index is 1.63. The van der Waals surface area contributed by atoms with Crippen LogP contribution in [0.25, 0.3) is 0 Å². The molecule has 168 valence electrons. The van der Waals surface area contributed by atoms with Gasteiger partial charge in [0.25, 0.3) is 0 Å². The van der Waals surface area contributed by atoms with Crippen LogP contribution in [0.4, 0.5) is 0 Å². The maximum absolute atomic E-state index is 12.6. The number of carbonyl (C=O) groups excluding carboxylic acids is 3. The average Bonchev–Trinajstić information content (AvgIpc) is 2.86. The molecule has 0 fully saturated rings. The summed E-state index contributed by atoms with van der Waals surface area (Å²) in [4.78, 5) is 37.3. The lowest BCUT2D eigenvalue weighted by atomic mass is 10.1. The number of ether oxygens (including phenoxy) is 3. The van der Waals surface area contributed by atoms with Crippen LogP contribution in [0.15, 0.2) is 103 Å². The van der Waals surface area contributed by atoms with Gasteiger partial charge in [-0.2, -0.15) is 0 Å².